The molecule has 2 fully saturated rings. The van der Waals surface area contributed by atoms with Crippen molar-refractivity contribution in [2.24, 2.45) is 5.92 Å². The quantitative estimate of drug-likeness (QED) is 0.648. The minimum absolute atomic E-state index is 0.0204. The fourth-order valence-corrected chi connectivity index (χ4v) is 2.36. The predicted octanol–water partition coefficient (Wildman–Crippen LogP) is -0.750. The summed E-state index contributed by atoms with van der Waals surface area (Å²) >= 11 is 0. The molecule has 2 rings (SSSR count). The van der Waals surface area contributed by atoms with Gasteiger partial charge in [0.15, 0.2) is 0 Å². The monoisotopic (exact) mass is 283 g/mol. The number of rotatable bonds is 2. The van der Waals surface area contributed by atoms with Crippen LogP contribution >= 0.6 is 0 Å². The van der Waals surface area contributed by atoms with Gasteiger partial charge < -0.3 is 14.9 Å². The molecular formula is C12H17N3O5. The van der Waals surface area contributed by atoms with Gasteiger partial charge in [-0.1, -0.05) is 0 Å². The molecule has 2 heterocycles. The Balaban J connectivity index is 2.00. The van der Waals surface area contributed by atoms with Crippen LogP contribution in [-0.2, 0) is 14.4 Å². The van der Waals surface area contributed by atoms with Gasteiger partial charge in [-0.15, -0.1) is 0 Å². The zero-order valence-electron chi connectivity index (χ0n) is 11.4. The van der Waals surface area contributed by atoms with Gasteiger partial charge in [0.25, 0.3) is 5.91 Å². The van der Waals surface area contributed by atoms with Crippen LogP contribution in [0.4, 0.5) is 4.79 Å². The molecule has 0 radical (unpaired) electrons. The number of likely N-dealkylation sites (tertiary alicyclic amines) is 1. The summed E-state index contributed by atoms with van der Waals surface area (Å²) in [5.41, 5.74) is -1.09. The van der Waals surface area contributed by atoms with Crippen LogP contribution in [0.3, 0.4) is 0 Å². The zero-order chi connectivity index (χ0) is 15.1. The van der Waals surface area contributed by atoms with Crippen LogP contribution in [0.5, 0.6) is 0 Å². The molecule has 8 heteroatoms. The fourth-order valence-electron chi connectivity index (χ4n) is 2.36. The topological polar surface area (TPSA) is 107 Å². The Morgan fingerprint density at radius 1 is 1.35 bits per heavy atom. The van der Waals surface area contributed by atoms with Crippen molar-refractivity contribution in [3.05, 3.63) is 0 Å². The number of aliphatic carboxylic acids is 1. The highest BCUT2D eigenvalue weighted by Gasteiger charge is 2.46. The van der Waals surface area contributed by atoms with Gasteiger partial charge in [0.2, 0.25) is 5.91 Å². The first-order valence-corrected chi connectivity index (χ1v) is 6.34. The number of piperazine rings is 1. The Hall–Kier alpha value is -2.12. The number of hydrogen-bond donors (Lipinski definition) is 2. The van der Waals surface area contributed by atoms with E-state index in [1.54, 1.807) is 13.8 Å². The average molecular weight is 283 g/mol. The molecule has 0 unspecified atom stereocenters. The van der Waals surface area contributed by atoms with Crippen LogP contribution in [-0.4, -0.2) is 63.9 Å². The molecule has 0 spiro atoms. The number of nitrogens with zero attached hydrogens (tertiary/aromatic N) is 2. The van der Waals surface area contributed by atoms with E-state index in [0.29, 0.717) is 13.1 Å². The van der Waals surface area contributed by atoms with Gasteiger partial charge in [0, 0.05) is 19.0 Å². The van der Waals surface area contributed by atoms with Crippen LogP contribution < -0.4 is 5.32 Å². The van der Waals surface area contributed by atoms with Gasteiger partial charge >= 0.3 is 12.0 Å². The molecule has 110 valence electrons. The van der Waals surface area contributed by atoms with E-state index in [1.807, 2.05) is 0 Å². The normalized spacial score (nSPS) is 22.3. The lowest BCUT2D eigenvalue weighted by Crippen LogP contribution is -2.69. The van der Waals surface area contributed by atoms with E-state index in [9.17, 15) is 19.2 Å². The summed E-state index contributed by atoms with van der Waals surface area (Å²) in [6, 6.07) is -0.403. The number of nitrogens with one attached hydrogen (secondary N) is 1. The molecule has 8 nitrogen and oxygen atoms in total. The molecule has 0 aromatic rings. The largest absolute Gasteiger partial charge is 0.481 e. The summed E-state index contributed by atoms with van der Waals surface area (Å²) in [5, 5.41) is 10.9. The Bertz CT molecular complexity index is 481. The van der Waals surface area contributed by atoms with Crippen molar-refractivity contribution in [2.75, 3.05) is 19.6 Å². The van der Waals surface area contributed by atoms with E-state index in [2.05, 4.69) is 5.32 Å². The van der Waals surface area contributed by atoms with Crippen LogP contribution in [0.15, 0.2) is 0 Å². The van der Waals surface area contributed by atoms with Gasteiger partial charge in [-0.25, -0.2) is 4.79 Å². The van der Waals surface area contributed by atoms with Gasteiger partial charge in [-0.3, -0.25) is 19.7 Å². The highest BCUT2D eigenvalue weighted by atomic mass is 16.4. The number of urea groups is 1. The molecule has 2 N–H and O–H groups in total. The van der Waals surface area contributed by atoms with Crippen molar-refractivity contribution < 1.29 is 24.3 Å². The number of imide groups is 1. The minimum atomic E-state index is -1.09. The van der Waals surface area contributed by atoms with Gasteiger partial charge in [0.1, 0.15) is 12.1 Å². The second kappa shape index (κ2) is 4.77. The first kappa shape index (κ1) is 14.3. The number of hydrogen-bond acceptors (Lipinski definition) is 4. The maximum atomic E-state index is 12.3. The number of carboxylic acids is 1. The molecule has 2 aliphatic heterocycles. The number of carbonyl (C=O) groups is 4. The summed E-state index contributed by atoms with van der Waals surface area (Å²) in [5.74, 6) is -1.97. The smallest absolute Gasteiger partial charge is 0.321 e. The zero-order valence-corrected chi connectivity index (χ0v) is 11.4. The molecular weight excluding hydrogens is 266 g/mol. The van der Waals surface area contributed by atoms with E-state index < -0.39 is 29.4 Å². The van der Waals surface area contributed by atoms with Gasteiger partial charge in [-0.05, 0) is 13.8 Å². The van der Waals surface area contributed by atoms with E-state index in [4.69, 9.17) is 5.11 Å². The lowest BCUT2D eigenvalue weighted by molar-refractivity contribution is -0.143. The summed E-state index contributed by atoms with van der Waals surface area (Å²) < 4.78 is 0. The molecule has 0 bridgehead atoms. The van der Waals surface area contributed by atoms with Crippen molar-refractivity contribution >= 4 is 23.8 Å². The van der Waals surface area contributed by atoms with Crippen LogP contribution in [0.1, 0.15) is 20.3 Å². The second-order valence-electron chi connectivity index (χ2n) is 5.67. The third-order valence-corrected chi connectivity index (χ3v) is 3.71. The number of amides is 4. The molecule has 0 aromatic carbocycles. The van der Waals surface area contributed by atoms with Gasteiger partial charge in [-0.2, -0.15) is 0 Å². The summed E-state index contributed by atoms with van der Waals surface area (Å²) in [6.07, 6.45) is 0.0204. The third-order valence-electron chi connectivity index (χ3n) is 3.71. The Kier molecular flexibility index (Phi) is 3.41. The maximum absolute atomic E-state index is 12.3. The molecule has 0 aromatic heterocycles. The van der Waals surface area contributed by atoms with Crippen LogP contribution in [0.25, 0.3) is 0 Å². The Morgan fingerprint density at radius 2 is 1.95 bits per heavy atom. The second-order valence-corrected chi connectivity index (χ2v) is 5.67. The maximum Gasteiger partial charge on any atom is 0.321 e. The molecule has 0 atom stereocenters. The fraction of sp³-hybridized carbons (Fsp3) is 0.667. The van der Waals surface area contributed by atoms with Crippen molar-refractivity contribution in [2.45, 2.75) is 25.8 Å². The van der Waals surface area contributed by atoms with E-state index in [0.717, 1.165) is 0 Å². The summed E-state index contributed by atoms with van der Waals surface area (Å²) in [7, 11) is 0. The molecule has 4 amide bonds. The molecule has 2 saturated heterocycles. The number of carbonyl (C=O) groups excluding carboxylic acids is 3. The van der Waals surface area contributed by atoms with Crippen molar-refractivity contribution in [1.29, 1.82) is 0 Å². The Labute approximate surface area is 115 Å². The van der Waals surface area contributed by atoms with Crippen molar-refractivity contribution in [3.8, 4) is 0 Å². The average Bonchev–Trinajstić information content (AvgIpc) is 2.27. The summed E-state index contributed by atoms with van der Waals surface area (Å²) in [4.78, 5) is 48.7. The molecule has 0 aliphatic carbocycles. The standard InChI is InChI=1S/C12H17N3O5/c1-12(2)10(19)13-8(16)6-15(12)11(20)14-4-7(5-14)3-9(17)18/h7H,3-6H2,1-2H3,(H,17,18)(H,13,16,19). The Morgan fingerprint density at radius 3 is 2.50 bits per heavy atom. The summed E-state index contributed by atoms with van der Waals surface area (Å²) in [6.45, 7) is 3.65. The first-order chi connectivity index (χ1) is 9.21. The van der Waals surface area contributed by atoms with Gasteiger partial charge in [0.05, 0.1) is 6.42 Å². The van der Waals surface area contributed by atoms with Crippen LogP contribution in [0.2, 0.25) is 0 Å². The first-order valence-electron chi connectivity index (χ1n) is 6.34. The van der Waals surface area contributed by atoms with E-state index in [-0.39, 0.29) is 18.9 Å². The highest BCUT2D eigenvalue weighted by molar-refractivity contribution is 6.06. The SMILES string of the molecule is CC1(C)C(=O)NC(=O)CN1C(=O)N1CC(CC(=O)O)C1. The van der Waals surface area contributed by atoms with E-state index >= 15 is 0 Å². The van der Waals surface area contributed by atoms with Crippen LogP contribution in [0, 0.1) is 5.92 Å². The highest BCUT2D eigenvalue weighted by Crippen LogP contribution is 2.25. The third kappa shape index (κ3) is 2.45. The molecule has 2 aliphatic rings. The minimum Gasteiger partial charge on any atom is -0.481 e. The molecule has 20 heavy (non-hydrogen) atoms. The van der Waals surface area contributed by atoms with Crippen molar-refractivity contribution in [1.82, 2.24) is 15.1 Å². The molecule has 0 saturated carbocycles. The lowest BCUT2D eigenvalue weighted by atomic mass is 9.95. The number of carboxylic acid groups (broad SMARTS) is 1. The van der Waals surface area contributed by atoms with Crippen molar-refractivity contribution in [3.63, 3.8) is 0 Å². The lowest BCUT2D eigenvalue weighted by Gasteiger charge is -2.46. The predicted molar refractivity (Wildman–Crippen MR) is 66.6 cm³/mol. The van der Waals surface area contributed by atoms with E-state index in [1.165, 1.54) is 9.80 Å².